The van der Waals surface area contributed by atoms with Crippen LogP contribution in [0.2, 0.25) is 0 Å². The van der Waals surface area contributed by atoms with Crippen molar-refractivity contribution < 1.29 is 14.3 Å². The lowest BCUT2D eigenvalue weighted by Gasteiger charge is -2.29. The molecule has 0 aliphatic heterocycles. The van der Waals surface area contributed by atoms with Gasteiger partial charge in [0.2, 0.25) is 5.91 Å². The molecule has 0 saturated carbocycles. The van der Waals surface area contributed by atoms with Crippen molar-refractivity contribution in [3.63, 3.8) is 0 Å². The van der Waals surface area contributed by atoms with E-state index in [0.29, 0.717) is 6.42 Å². The first-order valence-electron chi connectivity index (χ1n) is 5.88. The van der Waals surface area contributed by atoms with Crippen molar-refractivity contribution in [1.82, 2.24) is 5.32 Å². The number of amides is 1. The highest BCUT2D eigenvalue weighted by atomic mass is 16.6. The summed E-state index contributed by atoms with van der Waals surface area (Å²) in [5.41, 5.74) is -0.856. The van der Waals surface area contributed by atoms with Gasteiger partial charge in [0, 0.05) is 20.3 Å². The van der Waals surface area contributed by atoms with Crippen LogP contribution in [-0.4, -0.2) is 17.6 Å². The van der Waals surface area contributed by atoms with Crippen molar-refractivity contribution in [3.8, 4) is 0 Å². The summed E-state index contributed by atoms with van der Waals surface area (Å²) in [6.45, 7) is 6.65. The van der Waals surface area contributed by atoms with Gasteiger partial charge in [-0.15, -0.1) is 0 Å². The zero-order valence-electron chi connectivity index (χ0n) is 10.8. The molecule has 4 heteroatoms. The van der Waals surface area contributed by atoms with Crippen molar-refractivity contribution in [2.75, 3.05) is 0 Å². The maximum Gasteiger partial charge on any atom is 0.304 e. The van der Waals surface area contributed by atoms with Gasteiger partial charge in [-0.05, 0) is 13.3 Å². The Morgan fingerprint density at radius 1 is 1.19 bits per heavy atom. The Balaban J connectivity index is 4.18. The van der Waals surface area contributed by atoms with Gasteiger partial charge in [-0.1, -0.05) is 26.2 Å². The second kappa shape index (κ2) is 7.25. The lowest BCUT2D eigenvalue weighted by atomic mass is 10.1. The Hall–Kier alpha value is -1.06. The topological polar surface area (TPSA) is 55.4 Å². The summed E-state index contributed by atoms with van der Waals surface area (Å²) in [5, 5.41) is 2.68. The van der Waals surface area contributed by atoms with Crippen LogP contribution in [0.1, 0.15) is 59.8 Å². The quantitative estimate of drug-likeness (QED) is 0.414. The molecule has 0 saturated heterocycles. The number of unbranched alkanes of at least 4 members (excludes halogenated alkanes) is 3. The van der Waals surface area contributed by atoms with Gasteiger partial charge >= 0.3 is 5.97 Å². The number of nitrogens with one attached hydrogen (secondary N) is 1. The van der Waals surface area contributed by atoms with Gasteiger partial charge in [0.15, 0.2) is 5.72 Å². The van der Waals surface area contributed by atoms with Crippen molar-refractivity contribution in [1.29, 1.82) is 0 Å². The van der Waals surface area contributed by atoms with Crippen molar-refractivity contribution in [2.24, 2.45) is 0 Å². The van der Waals surface area contributed by atoms with Crippen molar-refractivity contribution in [2.45, 2.75) is 65.5 Å². The first-order valence-corrected chi connectivity index (χ1v) is 5.88. The highest BCUT2D eigenvalue weighted by molar-refractivity contribution is 5.74. The van der Waals surface area contributed by atoms with Crippen LogP contribution in [0.3, 0.4) is 0 Å². The van der Waals surface area contributed by atoms with Gasteiger partial charge < -0.3 is 10.1 Å². The van der Waals surface area contributed by atoms with Gasteiger partial charge in [-0.2, -0.15) is 0 Å². The average Bonchev–Trinajstić information content (AvgIpc) is 2.09. The van der Waals surface area contributed by atoms with Gasteiger partial charge in [0.05, 0.1) is 0 Å². The molecule has 0 aromatic heterocycles. The molecule has 0 aromatic rings. The minimum atomic E-state index is -0.856. The molecule has 0 fully saturated rings. The molecule has 0 bridgehead atoms. The predicted octanol–water partition coefficient (Wildman–Crippen LogP) is 2.37. The molecule has 0 radical (unpaired) electrons. The summed E-state index contributed by atoms with van der Waals surface area (Å²) < 4.78 is 5.16. The predicted molar refractivity (Wildman–Crippen MR) is 62.7 cm³/mol. The molecule has 0 rings (SSSR count). The van der Waals surface area contributed by atoms with Crippen LogP contribution in [-0.2, 0) is 14.3 Å². The second-order valence-corrected chi connectivity index (χ2v) is 4.32. The van der Waals surface area contributed by atoms with Gasteiger partial charge in [-0.25, -0.2) is 0 Å². The third kappa shape index (κ3) is 7.26. The first kappa shape index (κ1) is 14.9. The standard InChI is InChI=1S/C12H23NO3/c1-5-6-7-8-9-12(4,13-10(2)14)16-11(3)15/h5-9H2,1-4H3,(H,13,14). The third-order valence-corrected chi connectivity index (χ3v) is 2.32. The van der Waals surface area contributed by atoms with Gasteiger partial charge in [0.1, 0.15) is 0 Å². The third-order valence-electron chi connectivity index (χ3n) is 2.32. The first-order chi connectivity index (χ1) is 7.39. The fourth-order valence-electron chi connectivity index (χ4n) is 1.72. The minimum Gasteiger partial charge on any atom is -0.440 e. The van der Waals surface area contributed by atoms with Crippen LogP contribution in [0.25, 0.3) is 0 Å². The number of hydrogen-bond donors (Lipinski definition) is 1. The van der Waals surface area contributed by atoms with E-state index in [-0.39, 0.29) is 11.9 Å². The lowest BCUT2D eigenvalue weighted by Crippen LogP contribution is -2.48. The zero-order chi connectivity index (χ0) is 12.6. The van der Waals surface area contributed by atoms with Crippen LogP contribution >= 0.6 is 0 Å². The summed E-state index contributed by atoms with van der Waals surface area (Å²) in [6, 6.07) is 0. The molecule has 0 aliphatic carbocycles. The van der Waals surface area contributed by atoms with Crippen molar-refractivity contribution >= 4 is 11.9 Å². The number of ether oxygens (including phenoxy) is 1. The van der Waals surface area contributed by atoms with E-state index in [0.717, 1.165) is 25.7 Å². The smallest absolute Gasteiger partial charge is 0.304 e. The SMILES string of the molecule is CCCCCCC(C)(NC(C)=O)OC(C)=O. The molecule has 16 heavy (non-hydrogen) atoms. The maximum absolute atomic E-state index is 11.0. The van der Waals surface area contributed by atoms with E-state index >= 15 is 0 Å². The summed E-state index contributed by atoms with van der Waals surface area (Å²) in [5.74, 6) is -0.550. The fraction of sp³-hybridized carbons (Fsp3) is 0.833. The van der Waals surface area contributed by atoms with Gasteiger partial charge in [0.25, 0.3) is 0 Å². The number of hydrogen-bond acceptors (Lipinski definition) is 3. The fourth-order valence-corrected chi connectivity index (χ4v) is 1.72. The van der Waals surface area contributed by atoms with Crippen LogP contribution in [0.4, 0.5) is 0 Å². The summed E-state index contributed by atoms with van der Waals surface area (Å²) >= 11 is 0. The molecule has 0 heterocycles. The van der Waals surface area contributed by atoms with Crippen molar-refractivity contribution in [3.05, 3.63) is 0 Å². The Kier molecular flexibility index (Phi) is 6.77. The minimum absolute atomic E-state index is 0.181. The van der Waals surface area contributed by atoms with Crippen LogP contribution < -0.4 is 5.32 Å². The Labute approximate surface area is 97.7 Å². The summed E-state index contributed by atoms with van der Waals surface area (Å²) in [7, 11) is 0. The van der Waals surface area contributed by atoms with E-state index in [1.807, 2.05) is 0 Å². The zero-order valence-corrected chi connectivity index (χ0v) is 10.8. The van der Waals surface area contributed by atoms with E-state index in [1.54, 1.807) is 6.92 Å². The molecule has 0 spiro atoms. The molecule has 0 aromatic carbocycles. The summed E-state index contributed by atoms with van der Waals surface area (Å²) in [6.07, 6.45) is 5.01. The van der Waals surface area contributed by atoms with Crippen LogP contribution in [0, 0.1) is 0 Å². The highest BCUT2D eigenvalue weighted by Crippen LogP contribution is 2.17. The number of esters is 1. The monoisotopic (exact) mass is 229 g/mol. The molecular formula is C12H23NO3. The molecule has 1 unspecified atom stereocenters. The maximum atomic E-state index is 11.0. The summed E-state index contributed by atoms with van der Waals surface area (Å²) in [4.78, 5) is 22.0. The Morgan fingerprint density at radius 2 is 1.81 bits per heavy atom. The number of carbonyl (C=O) groups is 2. The Bertz CT molecular complexity index is 222. The molecule has 94 valence electrons. The van der Waals surface area contributed by atoms with E-state index in [1.165, 1.54) is 13.8 Å². The lowest BCUT2D eigenvalue weighted by molar-refractivity contribution is -0.161. The molecule has 4 nitrogen and oxygen atoms in total. The van der Waals surface area contributed by atoms with Crippen LogP contribution in [0.5, 0.6) is 0 Å². The largest absolute Gasteiger partial charge is 0.440 e. The van der Waals surface area contributed by atoms with E-state index in [4.69, 9.17) is 4.74 Å². The normalized spacial score (nSPS) is 14.0. The van der Waals surface area contributed by atoms with E-state index in [2.05, 4.69) is 12.2 Å². The molecule has 0 aliphatic rings. The average molecular weight is 229 g/mol. The van der Waals surface area contributed by atoms with Crippen LogP contribution in [0.15, 0.2) is 0 Å². The van der Waals surface area contributed by atoms with E-state index in [9.17, 15) is 9.59 Å². The highest BCUT2D eigenvalue weighted by Gasteiger charge is 2.27. The molecule has 1 atom stereocenters. The molecule has 1 N–H and O–H groups in total. The van der Waals surface area contributed by atoms with E-state index < -0.39 is 5.72 Å². The molecule has 1 amide bonds. The molecular weight excluding hydrogens is 206 g/mol. The van der Waals surface area contributed by atoms with Gasteiger partial charge in [-0.3, -0.25) is 9.59 Å². The number of carbonyl (C=O) groups excluding carboxylic acids is 2. The Morgan fingerprint density at radius 3 is 2.25 bits per heavy atom. The number of rotatable bonds is 7. The second-order valence-electron chi connectivity index (χ2n) is 4.32.